The summed E-state index contributed by atoms with van der Waals surface area (Å²) in [6, 6.07) is 0. The van der Waals surface area contributed by atoms with Crippen LogP contribution in [0.25, 0.3) is 0 Å². The Kier molecular flexibility index (Phi) is 11.3. The van der Waals surface area contributed by atoms with Crippen LogP contribution in [0.2, 0.25) is 58.9 Å². The summed E-state index contributed by atoms with van der Waals surface area (Å²) in [6.45, 7) is 20.8. The molecule has 9 heteroatoms. The summed E-state index contributed by atoms with van der Waals surface area (Å²) in [4.78, 5) is 0. The molecule has 0 spiro atoms. The van der Waals surface area contributed by atoms with E-state index >= 15 is 0 Å². The minimum absolute atomic E-state index is 0.0639. The van der Waals surface area contributed by atoms with Crippen molar-refractivity contribution in [2.45, 2.75) is 108 Å². The predicted molar refractivity (Wildman–Crippen MR) is 124 cm³/mol. The highest BCUT2D eigenvalue weighted by Gasteiger charge is 2.38. The second-order valence-corrected chi connectivity index (χ2v) is 27.1. The van der Waals surface area contributed by atoms with Gasteiger partial charge in [-0.15, -0.1) is 0 Å². The number of hydrogen-bond donors (Lipinski definition) is 4. The summed E-state index contributed by atoms with van der Waals surface area (Å²) in [7, 11) is -5.59. The Morgan fingerprint density at radius 2 is 0.964 bits per heavy atom. The number of hydrogen-bond acceptors (Lipinski definition) is 6. The third-order valence-corrected chi connectivity index (χ3v) is 11.6. The summed E-state index contributed by atoms with van der Waals surface area (Å²) in [5.74, 6) is 0. The van der Waals surface area contributed by atoms with Crippen LogP contribution >= 0.6 is 0 Å². The standard InChI is InChI=1S/C19H46O6Si3/c1-11-16(24-12-14(20)17(22)26(2,3)4)19(28(8,9)10)25-13-15(21)18(23)27(5,6)7/h14-23H,11-13H2,1-10H3. The molecule has 0 saturated carbocycles. The average Bonchev–Trinajstić information content (AvgIpc) is 2.52. The van der Waals surface area contributed by atoms with Gasteiger partial charge >= 0.3 is 0 Å². The zero-order chi connectivity index (χ0) is 22.5. The molecule has 0 bridgehead atoms. The van der Waals surface area contributed by atoms with Crippen molar-refractivity contribution in [3.8, 4) is 0 Å². The van der Waals surface area contributed by atoms with Crippen LogP contribution in [0.15, 0.2) is 0 Å². The molecule has 0 aliphatic rings. The predicted octanol–water partition coefficient (Wildman–Crippen LogP) is 2.24. The van der Waals surface area contributed by atoms with Crippen molar-refractivity contribution in [1.82, 2.24) is 0 Å². The monoisotopic (exact) mass is 454 g/mol. The molecule has 0 amide bonds. The lowest BCUT2D eigenvalue weighted by molar-refractivity contribution is -0.0987. The van der Waals surface area contributed by atoms with E-state index in [-0.39, 0.29) is 25.0 Å². The molecule has 6 nitrogen and oxygen atoms in total. The third-order valence-electron chi connectivity index (χ3n) is 5.02. The van der Waals surface area contributed by atoms with E-state index in [1.165, 1.54) is 0 Å². The fourth-order valence-electron chi connectivity index (χ4n) is 3.10. The molecule has 0 radical (unpaired) electrons. The van der Waals surface area contributed by atoms with Crippen LogP contribution in [0, 0.1) is 0 Å². The lowest BCUT2D eigenvalue weighted by atomic mass is 10.3. The maximum Gasteiger partial charge on any atom is 0.100 e. The minimum Gasteiger partial charge on any atom is -0.394 e. The Morgan fingerprint density at radius 3 is 1.25 bits per heavy atom. The highest BCUT2D eigenvalue weighted by molar-refractivity contribution is 6.78. The fraction of sp³-hybridized carbons (Fsp3) is 1.00. The highest BCUT2D eigenvalue weighted by Crippen LogP contribution is 2.22. The number of rotatable bonds is 13. The van der Waals surface area contributed by atoms with Crippen molar-refractivity contribution in [1.29, 1.82) is 0 Å². The lowest BCUT2D eigenvalue weighted by Crippen LogP contribution is -2.54. The van der Waals surface area contributed by atoms with Crippen molar-refractivity contribution in [2.24, 2.45) is 0 Å². The van der Waals surface area contributed by atoms with E-state index in [1.54, 1.807) is 0 Å². The van der Waals surface area contributed by atoms with Crippen LogP contribution in [-0.4, -0.2) is 93.4 Å². The molecule has 0 heterocycles. The van der Waals surface area contributed by atoms with E-state index in [1.807, 2.05) is 46.2 Å². The van der Waals surface area contributed by atoms with Gasteiger partial charge in [0.1, 0.15) is 12.2 Å². The molecular weight excluding hydrogens is 408 g/mol. The van der Waals surface area contributed by atoms with Crippen LogP contribution in [0.4, 0.5) is 0 Å². The molecule has 0 aliphatic heterocycles. The molecule has 0 fully saturated rings. The maximum atomic E-state index is 10.4. The topological polar surface area (TPSA) is 99.4 Å². The van der Waals surface area contributed by atoms with Gasteiger partial charge in [-0.2, -0.15) is 0 Å². The third kappa shape index (κ3) is 9.48. The first-order valence-corrected chi connectivity index (χ1v) is 21.1. The fourth-order valence-corrected chi connectivity index (χ4v) is 7.64. The van der Waals surface area contributed by atoms with Gasteiger partial charge in [0.15, 0.2) is 0 Å². The molecular formula is C19H46O6Si3. The molecule has 0 aromatic carbocycles. The largest absolute Gasteiger partial charge is 0.394 e. The summed E-state index contributed by atoms with van der Waals surface area (Å²) < 4.78 is 12.1. The number of aliphatic hydroxyl groups excluding tert-OH is 4. The highest BCUT2D eigenvalue weighted by atomic mass is 28.3. The summed E-state index contributed by atoms with van der Waals surface area (Å²) >= 11 is 0. The van der Waals surface area contributed by atoms with Gasteiger partial charge in [-0.05, 0) is 6.42 Å². The Labute approximate surface area is 175 Å². The van der Waals surface area contributed by atoms with Crippen molar-refractivity contribution < 1.29 is 29.9 Å². The Bertz CT molecular complexity index is 444. The molecule has 170 valence electrons. The Hall–Kier alpha value is 0.411. The Balaban J connectivity index is 5.06. The average molecular weight is 455 g/mol. The van der Waals surface area contributed by atoms with Gasteiger partial charge in [0.05, 0.1) is 60.7 Å². The van der Waals surface area contributed by atoms with E-state index < -0.39 is 47.9 Å². The van der Waals surface area contributed by atoms with Gasteiger partial charge < -0.3 is 29.9 Å². The molecule has 28 heavy (non-hydrogen) atoms. The van der Waals surface area contributed by atoms with Crippen molar-refractivity contribution in [2.75, 3.05) is 13.2 Å². The van der Waals surface area contributed by atoms with Crippen molar-refractivity contribution in [3.63, 3.8) is 0 Å². The van der Waals surface area contributed by atoms with Crippen molar-refractivity contribution in [3.05, 3.63) is 0 Å². The van der Waals surface area contributed by atoms with Gasteiger partial charge in [-0.3, -0.25) is 0 Å². The molecule has 6 unspecified atom stereocenters. The summed E-state index contributed by atoms with van der Waals surface area (Å²) in [5.41, 5.74) is -1.67. The van der Waals surface area contributed by atoms with Crippen LogP contribution in [-0.2, 0) is 9.47 Å². The van der Waals surface area contributed by atoms with Crippen molar-refractivity contribution >= 4 is 24.2 Å². The van der Waals surface area contributed by atoms with Crippen LogP contribution in [0.1, 0.15) is 13.3 Å². The smallest absolute Gasteiger partial charge is 0.100 e. The maximum absolute atomic E-state index is 10.4. The van der Waals surface area contributed by atoms with Crippen LogP contribution in [0.5, 0.6) is 0 Å². The normalized spacial score (nSPS) is 20.4. The quantitative estimate of drug-likeness (QED) is 0.319. The molecule has 0 saturated heterocycles. The molecule has 0 aromatic rings. The van der Waals surface area contributed by atoms with Crippen LogP contribution in [0.3, 0.4) is 0 Å². The van der Waals surface area contributed by atoms with Gasteiger partial charge in [0.2, 0.25) is 0 Å². The molecule has 0 rings (SSSR count). The SMILES string of the molecule is CCC(OCC(O)C(O)[Si](C)(C)C)C(OCC(O)C(O)[Si](C)(C)C)[Si](C)(C)C. The van der Waals surface area contributed by atoms with E-state index in [2.05, 4.69) is 19.6 Å². The number of ether oxygens (including phenoxy) is 2. The second kappa shape index (κ2) is 11.1. The van der Waals surface area contributed by atoms with E-state index in [0.717, 1.165) is 0 Å². The molecule has 4 N–H and O–H groups in total. The second-order valence-electron chi connectivity index (χ2n) is 11.2. The zero-order valence-electron chi connectivity index (χ0n) is 19.7. The minimum atomic E-state index is -1.89. The van der Waals surface area contributed by atoms with Gasteiger partial charge in [0.25, 0.3) is 0 Å². The molecule has 0 aliphatic carbocycles. The molecule has 6 atom stereocenters. The lowest BCUT2D eigenvalue weighted by Gasteiger charge is -2.38. The Morgan fingerprint density at radius 1 is 0.607 bits per heavy atom. The zero-order valence-corrected chi connectivity index (χ0v) is 22.7. The van der Waals surface area contributed by atoms with Gasteiger partial charge in [0, 0.05) is 0 Å². The van der Waals surface area contributed by atoms with Crippen LogP contribution < -0.4 is 0 Å². The molecule has 0 aromatic heterocycles. The van der Waals surface area contributed by atoms with E-state index in [4.69, 9.17) is 9.47 Å². The first-order valence-electron chi connectivity index (χ1n) is 10.4. The van der Waals surface area contributed by atoms with Gasteiger partial charge in [-0.25, -0.2) is 0 Å². The number of aliphatic hydroxyl groups is 4. The summed E-state index contributed by atoms with van der Waals surface area (Å²) in [6.07, 6.45) is -1.35. The first-order chi connectivity index (χ1) is 12.4. The van der Waals surface area contributed by atoms with Gasteiger partial charge in [-0.1, -0.05) is 65.8 Å². The van der Waals surface area contributed by atoms with E-state index in [9.17, 15) is 20.4 Å². The first kappa shape index (κ1) is 28.4. The summed E-state index contributed by atoms with van der Waals surface area (Å²) in [5, 5.41) is 41.3. The van der Waals surface area contributed by atoms with E-state index in [0.29, 0.717) is 6.42 Å².